The second-order valence-electron chi connectivity index (χ2n) is 15.5. The van der Waals surface area contributed by atoms with Crippen molar-refractivity contribution < 1.29 is 19.4 Å². The third-order valence-corrected chi connectivity index (χ3v) is 13.2. The van der Waals surface area contributed by atoms with E-state index in [0.29, 0.717) is 28.4 Å². The second-order valence-corrected chi connectivity index (χ2v) is 15.5. The standard InChI is InChI=1S/C39H58O4/c1-8-28(25(2)3)12-9-26(4)32-15-16-33-31-14-13-29-24-30(19-21-38(29,5)34(31)20-22-39(32,33)6)43-37(41)18-11-27-10-17-35(40)36(23-27)42-7/h10-11,14,17-18,23,25-26,28-30,32-34,40H,8-9,12-13,15-16,19-22,24H2,1-7H3/b18-11+/t26-,28-,29+,30+,32-,33+,34+,38+,39-/m1/s1. The van der Waals surface area contributed by atoms with E-state index in [9.17, 15) is 9.90 Å². The molecule has 4 nitrogen and oxygen atoms in total. The van der Waals surface area contributed by atoms with Gasteiger partial charge in [0.15, 0.2) is 11.5 Å². The van der Waals surface area contributed by atoms with Crippen LogP contribution in [0, 0.1) is 52.3 Å². The molecule has 238 valence electrons. The van der Waals surface area contributed by atoms with Crippen LogP contribution in [0.3, 0.4) is 0 Å². The lowest BCUT2D eigenvalue weighted by Gasteiger charge is -2.58. The Balaban J connectivity index is 1.20. The quantitative estimate of drug-likeness (QED) is 0.167. The number of hydrogen-bond acceptors (Lipinski definition) is 4. The third-order valence-electron chi connectivity index (χ3n) is 13.2. The van der Waals surface area contributed by atoms with Gasteiger partial charge in [0.25, 0.3) is 0 Å². The lowest BCUT2D eigenvalue weighted by atomic mass is 9.47. The number of carbonyl (C=O) groups excluding carboxylic acids is 1. The van der Waals surface area contributed by atoms with E-state index in [1.54, 1.807) is 24.3 Å². The van der Waals surface area contributed by atoms with Gasteiger partial charge < -0.3 is 14.6 Å². The third kappa shape index (κ3) is 6.32. The van der Waals surface area contributed by atoms with Crippen LogP contribution in [-0.2, 0) is 9.53 Å². The number of benzene rings is 1. The summed E-state index contributed by atoms with van der Waals surface area (Å²) in [7, 11) is 1.52. The summed E-state index contributed by atoms with van der Waals surface area (Å²) in [4.78, 5) is 12.8. The van der Waals surface area contributed by atoms with Crippen molar-refractivity contribution in [1.82, 2.24) is 0 Å². The zero-order valence-electron chi connectivity index (χ0n) is 28.0. The van der Waals surface area contributed by atoms with Gasteiger partial charge in [0.2, 0.25) is 0 Å². The number of rotatable bonds is 10. The van der Waals surface area contributed by atoms with E-state index >= 15 is 0 Å². The van der Waals surface area contributed by atoms with Crippen molar-refractivity contribution in [2.45, 2.75) is 118 Å². The number of hydrogen-bond donors (Lipinski definition) is 1. The molecule has 0 aromatic heterocycles. The van der Waals surface area contributed by atoms with Gasteiger partial charge in [-0.2, -0.15) is 0 Å². The number of allylic oxidation sites excluding steroid dienone is 2. The Bertz CT molecular complexity index is 1200. The Morgan fingerprint density at radius 3 is 2.51 bits per heavy atom. The maximum atomic E-state index is 12.8. The highest BCUT2D eigenvalue weighted by Gasteiger charge is 2.58. The molecule has 0 amide bonds. The van der Waals surface area contributed by atoms with Gasteiger partial charge in [-0.15, -0.1) is 0 Å². The van der Waals surface area contributed by atoms with Crippen LogP contribution >= 0.6 is 0 Å². The van der Waals surface area contributed by atoms with Crippen LogP contribution < -0.4 is 4.74 Å². The minimum absolute atomic E-state index is 0.0112. The fourth-order valence-corrected chi connectivity index (χ4v) is 10.4. The lowest BCUT2D eigenvalue weighted by molar-refractivity contribution is -0.148. The molecule has 3 fully saturated rings. The molecule has 0 bridgehead atoms. The summed E-state index contributed by atoms with van der Waals surface area (Å²) in [6, 6.07) is 5.05. The topological polar surface area (TPSA) is 55.8 Å². The monoisotopic (exact) mass is 590 g/mol. The summed E-state index contributed by atoms with van der Waals surface area (Å²) in [6.07, 6.45) is 19.7. The number of esters is 1. The van der Waals surface area contributed by atoms with Gasteiger partial charge in [0.1, 0.15) is 6.10 Å². The Hall–Kier alpha value is -2.23. The maximum absolute atomic E-state index is 12.8. The van der Waals surface area contributed by atoms with Crippen LogP contribution in [0.25, 0.3) is 6.08 Å². The Kier molecular flexibility index (Phi) is 9.74. The summed E-state index contributed by atoms with van der Waals surface area (Å²) in [5.74, 6) is 5.59. The van der Waals surface area contributed by atoms with Gasteiger partial charge in [-0.1, -0.05) is 72.1 Å². The average molecular weight is 591 g/mol. The van der Waals surface area contributed by atoms with Gasteiger partial charge in [0, 0.05) is 6.08 Å². The number of methoxy groups -OCH3 is 1. The van der Waals surface area contributed by atoms with Gasteiger partial charge in [-0.05, 0) is 134 Å². The fraction of sp³-hybridized carbons (Fsp3) is 0.718. The van der Waals surface area contributed by atoms with Crippen LogP contribution in [0.15, 0.2) is 35.9 Å². The number of fused-ring (bicyclic) bond motifs is 5. The van der Waals surface area contributed by atoms with E-state index in [1.807, 2.05) is 5.57 Å². The minimum Gasteiger partial charge on any atom is -0.504 e. The summed E-state index contributed by atoms with van der Waals surface area (Å²) < 4.78 is 11.2. The van der Waals surface area contributed by atoms with Crippen molar-refractivity contribution in [1.29, 1.82) is 0 Å². The summed E-state index contributed by atoms with van der Waals surface area (Å²) in [6.45, 7) is 15.0. The molecule has 0 unspecified atom stereocenters. The molecule has 0 spiro atoms. The molecule has 0 radical (unpaired) electrons. The Labute approximate surface area is 261 Å². The number of phenolic OH excluding ortho intramolecular Hbond substituents is 1. The van der Waals surface area contributed by atoms with E-state index in [-0.39, 0.29) is 17.8 Å². The zero-order chi connectivity index (χ0) is 30.9. The lowest BCUT2D eigenvalue weighted by Crippen LogP contribution is -2.50. The highest BCUT2D eigenvalue weighted by molar-refractivity contribution is 5.87. The Morgan fingerprint density at radius 2 is 1.79 bits per heavy atom. The molecule has 1 N–H and O–H groups in total. The molecule has 9 atom stereocenters. The van der Waals surface area contributed by atoms with Crippen LogP contribution in [0.2, 0.25) is 0 Å². The largest absolute Gasteiger partial charge is 0.504 e. The maximum Gasteiger partial charge on any atom is 0.331 e. The fourth-order valence-electron chi connectivity index (χ4n) is 10.4. The van der Waals surface area contributed by atoms with Crippen molar-refractivity contribution in [3.05, 3.63) is 41.5 Å². The van der Waals surface area contributed by atoms with Gasteiger partial charge in [-0.3, -0.25) is 0 Å². The van der Waals surface area contributed by atoms with E-state index in [2.05, 4.69) is 47.6 Å². The highest BCUT2D eigenvalue weighted by Crippen LogP contribution is 2.67. The van der Waals surface area contributed by atoms with Crippen molar-refractivity contribution >= 4 is 12.0 Å². The molecule has 0 aliphatic heterocycles. The molecular formula is C39H58O4. The summed E-state index contributed by atoms with van der Waals surface area (Å²) in [5, 5.41) is 9.82. The molecule has 4 heteroatoms. The predicted octanol–water partition coefficient (Wildman–Crippen LogP) is 10.0. The van der Waals surface area contributed by atoms with Crippen molar-refractivity contribution in [2.75, 3.05) is 7.11 Å². The number of phenols is 1. The number of ether oxygens (including phenoxy) is 2. The average Bonchev–Trinajstić information content (AvgIpc) is 3.34. The number of aromatic hydroxyl groups is 1. The van der Waals surface area contributed by atoms with Gasteiger partial charge >= 0.3 is 5.97 Å². The zero-order valence-corrected chi connectivity index (χ0v) is 28.0. The molecule has 4 aliphatic rings. The van der Waals surface area contributed by atoms with E-state index in [0.717, 1.165) is 60.8 Å². The Morgan fingerprint density at radius 1 is 1.05 bits per heavy atom. The SMILES string of the molecule is CC[C@H](CC[C@@H](C)[C@H]1CC[C@H]2C3=CC[C@H]4C[C@@H](OC(=O)/C=C/c5ccc(O)c(OC)c5)CC[C@]4(C)[C@H]3CC[C@]12C)C(C)C. The minimum atomic E-state index is -0.286. The predicted molar refractivity (Wildman–Crippen MR) is 176 cm³/mol. The number of carbonyl (C=O) groups is 1. The van der Waals surface area contributed by atoms with E-state index < -0.39 is 0 Å². The van der Waals surface area contributed by atoms with Crippen LogP contribution in [0.5, 0.6) is 11.5 Å². The molecule has 43 heavy (non-hydrogen) atoms. The molecule has 0 saturated heterocycles. The molecule has 0 heterocycles. The summed E-state index contributed by atoms with van der Waals surface area (Å²) >= 11 is 0. The first kappa shape index (κ1) is 32.2. The van der Waals surface area contributed by atoms with Crippen LogP contribution in [0.1, 0.15) is 118 Å². The van der Waals surface area contributed by atoms with Crippen molar-refractivity contribution in [2.24, 2.45) is 52.3 Å². The van der Waals surface area contributed by atoms with Crippen LogP contribution in [-0.4, -0.2) is 24.3 Å². The summed E-state index contributed by atoms with van der Waals surface area (Å²) in [5.41, 5.74) is 3.40. The van der Waals surface area contributed by atoms with Crippen molar-refractivity contribution in [3.8, 4) is 11.5 Å². The smallest absolute Gasteiger partial charge is 0.331 e. The van der Waals surface area contributed by atoms with Gasteiger partial charge in [0.05, 0.1) is 7.11 Å². The first-order chi connectivity index (χ1) is 20.5. The first-order valence-corrected chi connectivity index (χ1v) is 17.5. The van der Waals surface area contributed by atoms with Crippen LogP contribution in [0.4, 0.5) is 0 Å². The molecule has 1 aromatic carbocycles. The second kappa shape index (κ2) is 13.0. The molecular weight excluding hydrogens is 532 g/mol. The van der Waals surface area contributed by atoms with E-state index in [1.165, 1.54) is 58.1 Å². The normalized spacial score (nSPS) is 35.1. The molecule has 5 rings (SSSR count). The molecule has 1 aromatic rings. The first-order valence-electron chi connectivity index (χ1n) is 17.5. The molecule has 3 saturated carbocycles. The van der Waals surface area contributed by atoms with E-state index in [4.69, 9.17) is 9.47 Å². The molecule has 4 aliphatic carbocycles. The van der Waals surface area contributed by atoms with Crippen molar-refractivity contribution in [3.63, 3.8) is 0 Å². The highest BCUT2D eigenvalue weighted by atomic mass is 16.5. The van der Waals surface area contributed by atoms with Gasteiger partial charge in [-0.25, -0.2) is 4.79 Å².